The fourth-order valence-corrected chi connectivity index (χ4v) is 3.64. The van der Waals surface area contributed by atoms with Gasteiger partial charge in [-0.25, -0.2) is 14.8 Å². The summed E-state index contributed by atoms with van der Waals surface area (Å²) in [6.07, 6.45) is 3.52. The molecule has 0 saturated carbocycles. The van der Waals surface area contributed by atoms with Gasteiger partial charge in [0.05, 0.1) is 30.6 Å². The van der Waals surface area contributed by atoms with Crippen LogP contribution in [0.5, 0.6) is 0 Å². The molecule has 0 amide bonds. The molecule has 10 nitrogen and oxygen atoms in total. The van der Waals surface area contributed by atoms with Gasteiger partial charge in [-0.3, -0.25) is 4.98 Å². The summed E-state index contributed by atoms with van der Waals surface area (Å²) in [6.45, 7) is 6.94. The maximum absolute atomic E-state index is 11.5. The van der Waals surface area contributed by atoms with E-state index >= 15 is 0 Å². The number of aromatic amines is 1. The van der Waals surface area contributed by atoms with Crippen molar-refractivity contribution < 1.29 is 9.15 Å². The number of H-pyrrole nitrogens is 1. The van der Waals surface area contributed by atoms with Crippen molar-refractivity contribution in [3.63, 3.8) is 0 Å². The van der Waals surface area contributed by atoms with Crippen molar-refractivity contribution in [3.8, 4) is 0 Å². The maximum atomic E-state index is 11.5. The van der Waals surface area contributed by atoms with Crippen LogP contribution in [-0.4, -0.2) is 46.2 Å². The first-order valence-corrected chi connectivity index (χ1v) is 10.3. The van der Waals surface area contributed by atoms with Gasteiger partial charge in [-0.05, 0) is 43.7 Å². The number of nitrogens with zero attached hydrogens (tertiary/aromatic N) is 4. The van der Waals surface area contributed by atoms with Crippen molar-refractivity contribution in [2.45, 2.75) is 13.8 Å². The van der Waals surface area contributed by atoms with Crippen LogP contribution in [0.15, 0.2) is 45.9 Å². The Morgan fingerprint density at radius 1 is 1.00 bits per heavy atom. The Kier molecular flexibility index (Phi) is 5.20. The lowest BCUT2D eigenvalue weighted by Gasteiger charge is -2.27. The zero-order chi connectivity index (χ0) is 22.1. The van der Waals surface area contributed by atoms with Gasteiger partial charge in [-0.2, -0.15) is 4.98 Å². The molecule has 0 bridgehead atoms. The number of nitrogens with one attached hydrogen (secondary N) is 3. The van der Waals surface area contributed by atoms with Crippen LogP contribution in [-0.2, 0) is 4.74 Å². The molecule has 1 aromatic carbocycles. The number of morpholine rings is 1. The second-order valence-corrected chi connectivity index (χ2v) is 7.66. The molecule has 0 radical (unpaired) electrons. The summed E-state index contributed by atoms with van der Waals surface area (Å²) < 4.78 is 10.6. The van der Waals surface area contributed by atoms with E-state index in [-0.39, 0.29) is 0 Å². The Labute approximate surface area is 183 Å². The Balaban J connectivity index is 1.34. The molecule has 0 aliphatic carbocycles. The molecule has 0 unspecified atom stereocenters. The predicted molar refractivity (Wildman–Crippen MR) is 122 cm³/mol. The topological polar surface area (TPSA) is 121 Å². The number of oxazole rings is 1. The first kappa shape index (κ1) is 20.0. The molecular weight excluding hydrogens is 410 g/mol. The van der Waals surface area contributed by atoms with Crippen LogP contribution in [0.3, 0.4) is 0 Å². The number of rotatable bonds is 5. The number of pyridine rings is 1. The highest BCUT2D eigenvalue weighted by molar-refractivity contribution is 5.81. The van der Waals surface area contributed by atoms with Gasteiger partial charge in [0, 0.05) is 30.5 Å². The zero-order valence-corrected chi connectivity index (χ0v) is 17.8. The van der Waals surface area contributed by atoms with Crippen LogP contribution >= 0.6 is 0 Å². The van der Waals surface area contributed by atoms with Crippen molar-refractivity contribution >= 4 is 40.1 Å². The SMILES string of the molecule is Cc1cnc(Nc2ccc(N3CCOCC3)nc2)nc1Nc1cc(C)c2oc(=O)[nH]c2c1. The van der Waals surface area contributed by atoms with Crippen molar-refractivity contribution in [3.05, 3.63) is 58.3 Å². The van der Waals surface area contributed by atoms with Crippen LogP contribution in [0.4, 0.5) is 29.0 Å². The van der Waals surface area contributed by atoms with E-state index < -0.39 is 5.76 Å². The van der Waals surface area contributed by atoms with Gasteiger partial charge in [0.25, 0.3) is 0 Å². The number of anilines is 5. The van der Waals surface area contributed by atoms with Crippen molar-refractivity contribution in [1.29, 1.82) is 0 Å². The Bertz CT molecular complexity index is 1310. The van der Waals surface area contributed by atoms with E-state index in [1.807, 2.05) is 38.1 Å². The summed E-state index contributed by atoms with van der Waals surface area (Å²) in [5, 5.41) is 6.51. The zero-order valence-electron chi connectivity index (χ0n) is 17.8. The van der Waals surface area contributed by atoms with Gasteiger partial charge in [0.15, 0.2) is 5.58 Å². The summed E-state index contributed by atoms with van der Waals surface area (Å²) >= 11 is 0. The van der Waals surface area contributed by atoms with E-state index in [2.05, 4.69) is 35.5 Å². The lowest BCUT2D eigenvalue weighted by Crippen LogP contribution is -2.36. The molecule has 4 aromatic rings. The normalized spacial score (nSPS) is 14.0. The van der Waals surface area contributed by atoms with E-state index in [4.69, 9.17) is 9.15 Å². The number of hydrogen-bond donors (Lipinski definition) is 3. The summed E-state index contributed by atoms with van der Waals surface area (Å²) in [5.74, 6) is 1.56. The van der Waals surface area contributed by atoms with Crippen LogP contribution in [0, 0.1) is 13.8 Å². The number of hydrogen-bond acceptors (Lipinski definition) is 9. The molecule has 1 aliphatic heterocycles. The van der Waals surface area contributed by atoms with Crippen LogP contribution < -0.4 is 21.3 Å². The third-order valence-electron chi connectivity index (χ3n) is 5.28. The lowest BCUT2D eigenvalue weighted by atomic mass is 10.2. The quantitative estimate of drug-likeness (QED) is 0.435. The minimum Gasteiger partial charge on any atom is -0.408 e. The largest absolute Gasteiger partial charge is 0.417 e. The number of benzene rings is 1. The summed E-state index contributed by atoms with van der Waals surface area (Å²) in [7, 11) is 0. The average Bonchev–Trinajstić information content (AvgIpc) is 3.18. The van der Waals surface area contributed by atoms with Gasteiger partial charge in [0.1, 0.15) is 11.6 Å². The molecule has 3 N–H and O–H groups in total. The number of fused-ring (bicyclic) bond motifs is 1. The van der Waals surface area contributed by atoms with Gasteiger partial charge >= 0.3 is 5.76 Å². The van der Waals surface area contributed by atoms with Crippen molar-refractivity contribution in [1.82, 2.24) is 19.9 Å². The lowest BCUT2D eigenvalue weighted by molar-refractivity contribution is 0.122. The van der Waals surface area contributed by atoms with Gasteiger partial charge in [0.2, 0.25) is 5.95 Å². The molecule has 0 spiro atoms. The summed E-state index contributed by atoms with van der Waals surface area (Å²) in [6, 6.07) is 7.66. The predicted octanol–water partition coefficient (Wildman–Crippen LogP) is 3.25. The molecule has 10 heteroatoms. The molecule has 5 rings (SSSR count). The molecule has 4 heterocycles. The second-order valence-electron chi connectivity index (χ2n) is 7.66. The highest BCUT2D eigenvalue weighted by atomic mass is 16.5. The molecule has 1 fully saturated rings. The molecular formula is C22H23N7O3. The Hall–Kier alpha value is -3.92. The first-order valence-electron chi connectivity index (χ1n) is 10.3. The van der Waals surface area contributed by atoms with Crippen LogP contribution in [0.1, 0.15) is 11.1 Å². The van der Waals surface area contributed by atoms with E-state index in [1.165, 1.54) is 0 Å². The van der Waals surface area contributed by atoms with Crippen molar-refractivity contribution in [2.24, 2.45) is 0 Å². The maximum Gasteiger partial charge on any atom is 0.417 e. The third-order valence-corrected chi connectivity index (χ3v) is 5.28. The van der Waals surface area contributed by atoms with E-state index in [1.54, 1.807) is 12.4 Å². The molecule has 32 heavy (non-hydrogen) atoms. The molecule has 0 atom stereocenters. The monoisotopic (exact) mass is 433 g/mol. The smallest absolute Gasteiger partial charge is 0.408 e. The first-order chi connectivity index (χ1) is 15.5. The van der Waals surface area contributed by atoms with Gasteiger partial charge in [-0.1, -0.05) is 0 Å². The second kappa shape index (κ2) is 8.31. The number of aromatic nitrogens is 4. The third kappa shape index (κ3) is 4.12. The Morgan fingerprint density at radius 2 is 1.84 bits per heavy atom. The molecule has 1 saturated heterocycles. The van der Waals surface area contributed by atoms with Crippen molar-refractivity contribution in [2.75, 3.05) is 41.8 Å². The van der Waals surface area contributed by atoms with Gasteiger partial charge in [-0.15, -0.1) is 0 Å². The van der Waals surface area contributed by atoms with Crippen LogP contribution in [0.25, 0.3) is 11.1 Å². The Morgan fingerprint density at radius 3 is 2.62 bits per heavy atom. The highest BCUT2D eigenvalue weighted by Gasteiger charge is 2.13. The van der Waals surface area contributed by atoms with Crippen LogP contribution in [0.2, 0.25) is 0 Å². The molecule has 3 aromatic heterocycles. The molecule has 164 valence electrons. The fourth-order valence-electron chi connectivity index (χ4n) is 3.64. The minimum atomic E-state index is -0.474. The standard InChI is InChI=1S/C22H23N7O3/c1-13-9-16(10-17-19(13)32-22(30)27-17)25-20-14(2)11-24-21(28-20)26-15-3-4-18(23-12-15)29-5-7-31-8-6-29/h3-4,9-12H,5-8H2,1-2H3,(H,27,30)(H2,24,25,26,28). The minimum absolute atomic E-state index is 0.452. The number of ether oxygens (including phenoxy) is 1. The van der Waals surface area contributed by atoms with E-state index in [9.17, 15) is 4.79 Å². The van der Waals surface area contributed by atoms with E-state index in [0.717, 1.165) is 54.6 Å². The van der Waals surface area contributed by atoms with Gasteiger partial charge < -0.3 is 24.7 Å². The summed E-state index contributed by atoms with van der Waals surface area (Å²) in [4.78, 5) is 29.9. The fraction of sp³-hybridized carbons (Fsp3) is 0.273. The summed E-state index contributed by atoms with van der Waals surface area (Å²) in [5.41, 5.74) is 4.50. The number of aryl methyl sites for hydroxylation is 2. The highest BCUT2D eigenvalue weighted by Crippen LogP contribution is 2.26. The average molecular weight is 433 g/mol. The molecule has 1 aliphatic rings. The van der Waals surface area contributed by atoms with E-state index in [0.29, 0.717) is 22.9 Å².